The van der Waals surface area contributed by atoms with E-state index in [1.165, 1.54) is 6.08 Å². The summed E-state index contributed by atoms with van der Waals surface area (Å²) in [5.74, 6) is -0.344. The lowest BCUT2D eigenvalue weighted by atomic mass is 10.2. The molecule has 0 aliphatic heterocycles. The summed E-state index contributed by atoms with van der Waals surface area (Å²) in [7, 11) is 0. The zero-order valence-electron chi connectivity index (χ0n) is 6.71. The maximum atomic E-state index is 10.5. The third-order valence-electron chi connectivity index (χ3n) is 1.21. The van der Waals surface area contributed by atoms with Crippen molar-refractivity contribution in [2.75, 3.05) is 6.61 Å². The van der Waals surface area contributed by atoms with Crippen molar-refractivity contribution in [2.45, 2.75) is 19.3 Å². The molecule has 0 heterocycles. The molecule has 0 aromatic carbocycles. The van der Waals surface area contributed by atoms with E-state index in [1.807, 2.05) is 6.08 Å². The number of hydrogen-bond donors (Lipinski definition) is 0. The highest BCUT2D eigenvalue weighted by molar-refractivity contribution is 5.81. The summed E-state index contributed by atoms with van der Waals surface area (Å²) in [4.78, 5) is 10.5. The van der Waals surface area contributed by atoms with Gasteiger partial charge < -0.3 is 4.74 Å². The zero-order chi connectivity index (χ0) is 8.53. The van der Waals surface area contributed by atoms with Gasteiger partial charge in [0.15, 0.2) is 0 Å². The van der Waals surface area contributed by atoms with E-state index in [1.54, 1.807) is 0 Å². The standard InChI is InChI=1S/C9H14O2/c1-3-5-6-7-8-11-9(10)4-2/h3-4H,1-2,5-8H2. The first-order valence-electron chi connectivity index (χ1n) is 3.71. The number of unbranched alkanes of at least 4 members (excludes halogenated alkanes) is 2. The molecule has 0 saturated heterocycles. The minimum Gasteiger partial charge on any atom is -0.463 e. The molecule has 0 N–H and O–H groups in total. The van der Waals surface area contributed by atoms with E-state index in [0.29, 0.717) is 6.61 Å². The van der Waals surface area contributed by atoms with Crippen molar-refractivity contribution in [3.8, 4) is 0 Å². The summed E-state index contributed by atoms with van der Waals surface area (Å²) in [6.45, 7) is 7.36. The van der Waals surface area contributed by atoms with Gasteiger partial charge in [0.1, 0.15) is 0 Å². The van der Waals surface area contributed by atoms with Crippen LogP contribution >= 0.6 is 0 Å². The lowest BCUT2D eigenvalue weighted by Crippen LogP contribution is -2.01. The SMILES string of the molecule is C=CCCCCOC(=O)C=C. The summed E-state index contributed by atoms with van der Waals surface area (Å²) in [6.07, 6.45) is 5.92. The molecule has 0 aliphatic rings. The van der Waals surface area contributed by atoms with Crippen LogP contribution in [0.4, 0.5) is 0 Å². The second kappa shape index (κ2) is 7.06. The topological polar surface area (TPSA) is 26.3 Å². The number of rotatable bonds is 6. The van der Waals surface area contributed by atoms with Gasteiger partial charge in [-0.1, -0.05) is 12.7 Å². The summed E-state index contributed by atoms with van der Waals surface area (Å²) in [5.41, 5.74) is 0. The van der Waals surface area contributed by atoms with Gasteiger partial charge in [0.25, 0.3) is 0 Å². The summed E-state index contributed by atoms with van der Waals surface area (Å²) in [6, 6.07) is 0. The highest BCUT2D eigenvalue weighted by Crippen LogP contribution is 1.95. The quantitative estimate of drug-likeness (QED) is 0.253. The molecule has 0 bridgehead atoms. The third kappa shape index (κ3) is 6.84. The first kappa shape index (κ1) is 9.95. The summed E-state index contributed by atoms with van der Waals surface area (Å²) < 4.78 is 4.75. The maximum absolute atomic E-state index is 10.5. The zero-order valence-corrected chi connectivity index (χ0v) is 6.71. The van der Waals surface area contributed by atoms with Crippen LogP contribution in [-0.2, 0) is 9.53 Å². The predicted molar refractivity (Wildman–Crippen MR) is 45.2 cm³/mol. The summed E-state index contributed by atoms with van der Waals surface area (Å²) >= 11 is 0. The molecule has 11 heavy (non-hydrogen) atoms. The Morgan fingerprint density at radius 2 is 2.09 bits per heavy atom. The first-order valence-corrected chi connectivity index (χ1v) is 3.71. The molecule has 0 fully saturated rings. The van der Waals surface area contributed by atoms with Crippen LogP contribution in [0.15, 0.2) is 25.3 Å². The molecule has 0 saturated carbocycles. The average Bonchev–Trinajstić information content (AvgIpc) is 2.04. The van der Waals surface area contributed by atoms with Crippen LogP contribution in [0.3, 0.4) is 0 Å². The molecule has 2 heteroatoms. The van der Waals surface area contributed by atoms with Crippen molar-refractivity contribution < 1.29 is 9.53 Å². The molecule has 2 nitrogen and oxygen atoms in total. The third-order valence-corrected chi connectivity index (χ3v) is 1.21. The molecule has 0 atom stereocenters. The minimum atomic E-state index is -0.344. The van der Waals surface area contributed by atoms with Gasteiger partial charge >= 0.3 is 5.97 Å². The van der Waals surface area contributed by atoms with Gasteiger partial charge in [-0.2, -0.15) is 0 Å². The molecule has 0 aromatic heterocycles. The Balaban J connectivity index is 3.07. The minimum absolute atomic E-state index is 0.344. The van der Waals surface area contributed by atoms with E-state index < -0.39 is 0 Å². The Kier molecular flexibility index (Phi) is 6.39. The second-order valence-electron chi connectivity index (χ2n) is 2.16. The van der Waals surface area contributed by atoms with Crippen molar-refractivity contribution in [1.82, 2.24) is 0 Å². The number of hydrogen-bond acceptors (Lipinski definition) is 2. The molecule has 0 amide bonds. The molecule has 62 valence electrons. The van der Waals surface area contributed by atoms with Crippen molar-refractivity contribution in [1.29, 1.82) is 0 Å². The Bertz CT molecular complexity index is 138. The monoisotopic (exact) mass is 154 g/mol. The average molecular weight is 154 g/mol. The first-order chi connectivity index (χ1) is 5.31. The van der Waals surface area contributed by atoms with Crippen LogP contribution in [0.1, 0.15) is 19.3 Å². The van der Waals surface area contributed by atoms with Crippen LogP contribution in [0, 0.1) is 0 Å². The van der Waals surface area contributed by atoms with Gasteiger partial charge in [0, 0.05) is 6.08 Å². The van der Waals surface area contributed by atoms with Crippen molar-refractivity contribution >= 4 is 5.97 Å². The fourth-order valence-corrected chi connectivity index (χ4v) is 0.622. The fraction of sp³-hybridized carbons (Fsp3) is 0.444. The molecule has 0 spiro atoms. The van der Waals surface area contributed by atoms with E-state index in [0.717, 1.165) is 19.3 Å². The van der Waals surface area contributed by atoms with E-state index in [2.05, 4.69) is 13.2 Å². The van der Waals surface area contributed by atoms with Gasteiger partial charge in [0.05, 0.1) is 6.61 Å². The van der Waals surface area contributed by atoms with E-state index in [4.69, 9.17) is 4.74 Å². The van der Waals surface area contributed by atoms with Crippen molar-refractivity contribution in [3.63, 3.8) is 0 Å². The van der Waals surface area contributed by atoms with Gasteiger partial charge in [-0.05, 0) is 19.3 Å². The van der Waals surface area contributed by atoms with Crippen LogP contribution < -0.4 is 0 Å². The molecule has 0 aliphatic carbocycles. The molecule has 0 rings (SSSR count). The highest BCUT2D eigenvalue weighted by atomic mass is 16.5. The lowest BCUT2D eigenvalue weighted by molar-refractivity contribution is -0.137. The second-order valence-corrected chi connectivity index (χ2v) is 2.16. The Morgan fingerprint density at radius 3 is 2.64 bits per heavy atom. The molecular weight excluding hydrogens is 140 g/mol. The Morgan fingerprint density at radius 1 is 1.36 bits per heavy atom. The largest absolute Gasteiger partial charge is 0.463 e. The number of carbonyl (C=O) groups excluding carboxylic acids is 1. The smallest absolute Gasteiger partial charge is 0.330 e. The number of carbonyl (C=O) groups is 1. The summed E-state index contributed by atoms with van der Waals surface area (Å²) in [5, 5.41) is 0. The Hall–Kier alpha value is -1.05. The number of ether oxygens (including phenoxy) is 1. The fourth-order valence-electron chi connectivity index (χ4n) is 0.622. The molecule has 0 aromatic rings. The predicted octanol–water partition coefficient (Wildman–Crippen LogP) is 2.07. The molecule has 0 unspecified atom stereocenters. The Labute approximate surface area is 67.6 Å². The lowest BCUT2D eigenvalue weighted by Gasteiger charge is -1.99. The highest BCUT2D eigenvalue weighted by Gasteiger charge is 1.92. The van der Waals surface area contributed by atoms with Gasteiger partial charge in [-0.3, -0.25) is 0 Å². The number of esters is 1. The van der Waals surface area contributed by atoms with E-state index in [9.17, 15) is 4.79 Å². The van der Waals surface area contributed by atoms with E-state index >= 15 is 0 Å². The van der Waals surface area contributed by atoms with E-state index in [-0.39, 0.29) is 5.97 Å². The molecular formula is C9H14O2. The van der Waals surface area contributed by atoms with Gasteiger partial charge in [-0.15, -0.1) is 6.58 Å². The van der Waals surface area contributed by atoms with Crippen LogP contribution in [0.5, 0.6) is 0 Å². The van der Waals surface area contributed by atoms with Crippen LogP contribution in [-0.4, -0.2) is 12.6 Å². The van der Waals surface area contributed by atoms with Crippen molar-refractivity contribution in [2.24, 2.45) is 0 Å². The van der Waals surface area contributed by atoms with Gasteiger partial charge in [0.2, 0.25) is 0 Å². The van der Waals surface area contributed by atoms with Crippen LogP contribution in [0.25, 0.3) is 0 Å². The normalized spacial score (nSPS) is 8.73. The van der Waals surface area contributed by atoms with Crippen molar-refractivity contribution in [3.05, 3.63) is 25.3 Å². The number of allylic oxidation sites excluding steroid dienone is 1. The van der Waals surface area contributed by atoms with Gasteiger partial charge in [-0.25, -0.2) is 4.79 Å². The van der Waals surface area contributed by atoms with Crippen LogP contribution in [0.2, 0.25) is 0 Å². The molecule has 0 radical (unpaired) electrons. The maximum Gasteiger partial charge on any atom is 0.330 e.